The fraction of sp³-hybridized carbons (Fsp3) is 0.708. The summed E-state index contributed by atoms with van der Waals surface area (Å²) in [7, 11) is -1.86. The SMILES string of the molecule is CC(C)(C)[Si](C)(C)O[C@H](Cc1ccccc1)CN1CCC2(CC1)CCN(C(=O)O)C2. The number of carboxylic acid groups (broad SMARTS) is 1. The molecule has 2 saturated heterocycles. The highest BCUT2D eigenvalue weighted by atomic mass is 28.4. The lowest BCUT2D eigenvalue weighted by molar-refractivity contribution is 0.0642. The van der Waals surface area contributed by atoms with Gasteiger partial charge >= 0.3 is 6.09 Å². The number of likely N-dealkylation sites (tertiary alicyclic amines) is 2. The van der Waals surface area contributed by atoms with Crippen LogP contribution in [0.5, 0.6) is 0 Å². The van der Waals surface area contributed by atoms with E-state index in [4.69, 9.17) is 4.43 Å². The predicted octanol–water partition coefficient (Wildman–Crippen LogP) is 5.09. The minimum atomic E-state index is -1.86. The second-order valence-corrected chi connectivity index (χ2v) is 15.7. The van der Waals surface area contributed by atoms with Crippen LogP contribution in [0.2, 0.25) is 18.1 Å². The Morgan fingerprint density at radius 2 is 1.73 bits per heavy atom. The summed E-state index contributed by atoms with van der Waals surface area (Å²) in [5, 5.41) is 9.51. The Labute approximate surface area is 183 Å². The number of amides is 1. The molecule has 1 amide bonds. The van der Waals surface area contributed by atoms with Crippen LogP contribution in [-0.2, 0) is 10.8 Å². The van der Waals surface area contributed by atoms with Crippen molar-refractivity contribution in [2.45, 2.75) is 70.7 Å². The first-order chi connectivity index (χ1) is 14.0. The molecule has 0 bridgehead atoms. The Bertz CT molecular complexity index is 709. The molecule has 1 N–H and O–H groups in total. The standard InChI is InChI=1S/C24H40N2O3Si/c1-23(2,3)30(4,5)29-21(17-20-9-7-6-8-10-20)18-25-14-11-24(12-15-25)13-16-26(19-24)22(27)28/h6-10,21H,11-19H2,1-5H3,(H,27,28)/t21-/m1/s1. The molecule has 0 aliphatic carbocycles. The van der Waals surface area contributed by atoms with Crippen LogP contribution in [0.4, 0.5) is 4.79 Å². The largest absolute Gasteiger partial charge is 0.465 e. The Morgan fingerprint density at radius 1 is 1.13 bits per heavy atom. The van der Waals surface area contributed by atoms with E-state index < -0.39 is 14.4 Å². The van der Waals surface area contributed by atoms with Gasteiger partial charge in [-0.05, 0) is 67.9 Å². The number of hydrogen-bond acceptors (Lipinski definition) is 3. The summed E-state index contributed by atoms with van der Waals surface area (Å²) in [5.41, 5.74) is 1.53. The number of benzene rings is 1. The van der Waals surface area contributed by atoms with E-state index in [-0.39, 0.29) is 16.6 Å². The Kier molecular flexibility index (Phi) is 7.00. The van der Waals surface area contributed by atoms with Crippen LogP contribution in [0.3, 0.4) is 0 Å². The Morgan fingerprint density at radius 3 is 2.27 bits per heavy atom. The molecule has 1 spiro atoms. The van der Waals surface area contributed by atoms with Crippen LogP contribution in [0.25, 0.3) is 0 Å². The van der Waals surface area contributed by atoms with Gasteiger partial charge in [-0.25, -0.2) is 4.79 Å². The topological polar surface area (TPSA) is 53.0 Å². The molecule has 6 heteroatoms. The fourth-order valence-corrected chi connectivity index (χ4v) is 5.96. The minimum Gasteiger partial charge on any atom is -0.465 e. The maximum atomic E-state index is 11.3. The number of rotatable bonds is 6. The predicted molar refractivity (Wildman–Crippen MR) is 125 cm³/mol. The number of carbonyl (C=O) groups is 1. The maximum Gasteiger partial charge on any atom is 0.407 e. The van der Waals surface area contributed by atoms with E-state index in [0.717, 1.165) is 45.3 Å². The van der Waals surface area contributed by atoms with E-state index in [2.05, 4.69) is 69.1 Å². The Balaban J connectivity index is 1.63. The molecular weight excluding hydrogens is 392 g/mol. The van der Waals surface area contributed by atoms with Crippen molar-refractivity contribution in [1.29, 1.82) is 0 Å². The highest BCUT2D eigenvalue weighted by Crippen LogP contribution is 2.41. The van der Waals surface area contributed by atoms with Gasteiger partial charge in [0.2, 0.25) is 0 Å². The molecule has 3 rings (SSSR count). The van der Waals surface area contributed by atoms with Crippen molar-refractivity contribution in [2.24, 2.45) is 5.41 Å². The molecule has 5 nitrogen and oxygen atoms in total. The molecule has 1 atom stereocenters. The first-order valence-electron chi connectivity index (χ1n) is 11.4. The molecule has 2 heterocycles. The smallest absolute Gasteiger partial charge is 0.407 e. The van der Waals surface area contributed by atoms with Crippen molar-refractivity contribution in [1.82, 2.24) is 9.80 Å². The van der Waals surface area contributed by atoms with Gasteiger partial charge in [-0.3, -0.25) is 0 Å². The minimum absolute atomic E-state index is 0.192. The summed E-state index contributed by atoms with van der Waals surface area (Å²) in [4.78, 5) is 15.5. The second kappa shape index (κ2) is 9.01. The first kappa shape index (κ1) is 23.3. The highest BCUT2D eigenvalue weighted by molar-refractivity contribution is 6.74. The summed E-state index contributed by atoms with van der Waals surface area (Å²) in [6.07, 6.45) is 3.58. The van der Waals surface area contributed by atoms with Crippen LogP contribution >= 0.6 is 0 Å². The molecule has 0 saturated carbocycles. The van der Waals surface area contributed by atoms with Crippen LogP contribution in [0.15, 0.2) is 30.3 Å². The zero-order valence-electron chi connectivity index (χ0n) is 19.5. The second-order valence-electron chi connectivity index (χ2n) is 10.9. The van der Waals surface area contributed by atoms with Crippen LogP contribution in [0, 0.1) is 5.41 Å². The summed E-state index contributed by atoms with van der Waals surface area (Å²) in [5.74, 6) is 0. The van der Waals surface area contributed by atoms with Gasteiger partial charge in [-0.15, -0.1) is 0 Å². The molecular formula is C24H40N2O3Si. The van der Waals surface area contributed by atoms with Crippen molar-refractivity contribution in [2.75, 3.05) is 32.7 Å². The molecule has 2 fully saturated rings. The maximum absolute atomic E-state index is 11.3. The van der Waals surface area contributed by atoms with Crippen LogP contribution in [-0.4, -0.2) is 68.1 Å². The van der Waals surface area contributed by atoms with E-state index in [1.54, 1.807) is 4.90 Å². The number of piperidine rings is 1. The van der Waals surface area contributed by atoms with Crippen LogP contribution < -0.4 is 0 Å². The monoisotopic (exact) mass is 432 g/mol. The van der Waals surface area contributed by atoms with Crippen molar-refractivity contribution in [3.05, 3.63) is 35.9 Å². The lowest BCUT2D eigenvalue weighted by atomic mass is 9.77. The average molecular weight is 433 g/mol. The van der Waals surface area contributed by atoms with Gasteiger partial charge in [0.1, 0.15) is 0 Å². The van der Waals surface area contributed by atoms with Gasteiger partial charge in [0, 0.05) is 19.6 Å². The van der Waals surface area contributed by atoms with Crippen molar-refractivity contribution < 1.29 is 14.3 Å². The van der Waals surface area contributed by atoms with Crippen molar-refractivity contribution >= 4 is 14.4 Å². The lowest BCUT2D eigenvalue weighted by Crippen LogP contribution is -2.50. The van der Waals surface area contributed by atoms with Gasteiger partial charge in [0.25, 0.3) is 0 Å². The average Bonchev–Trinajstić information content (AvgIpc) is 3.08. The lowest BCUT2D eigenvalue weighted by Gasteiger charge is -2.43. The van der Waals surface area contributed by atoms with E-state index in [1.165, 1.54) is 5.56 Å². The number of hydrogen-bond donors (Lipinski definition) is 1. The molecule has 168 valence electrons. The molecule has 0 aromatic heterocycles. The van der Waals surface area contributed by atoms with E-state index in [1.807, 2.05) is 0 Å². The van der Waals surface area contributed by atoms with Gasteiger partial charge in [-0.2, -0.15) is 0 Å². The molecule has 2 aliphatic heterocycles. The first-order valence-corrected chi connectivity index (χ1v) is 14.3. The molecule has 0 radical (unpaired) electrons. The molecule has 30 heavy (non-hydrogen) atoms. The van der Waals surface area contributed by atoms with Gasteiger partial charge in [-0.1, -0.05) is 51.1 Å². The number of nitrogens with zero attached hydrogens (tertiary/aromatic N) is 2. The van der Waals surface area contributed by atoms with Crippen LogP contribution in [0.1, 0.15) is 45.6 Å². The molecule has 1 aromatic rings. The third-order valence-corrected chi connectivity index (χ3v) is 12.2. The molecule has 1 aromatic carbocycles. The van der Waals surface area contributed by atoms with Gasteiger partial charge in [0.15, 0.2) is 8.32 Å². The quantitative estimate of drug-likeness (QED) is 0.637. The summed E-state index contributed by atoms with van der Waals surface area (Å²) in [6, 6.07) is 10.7. The molecule has 0 unspecified atom stereocenters. The van der Waals surface area contributed by atoms with E-state index in [0.29, 0.717) is 13.1 Å². The summed E-state index contributed by atoms with van der Waals surface area (Å²) < 4.78 is 6.89. The highest BCUT2D eigenvalue weighted by Gasteiger charge is 2.43. The van der Waals surface area contributed by atoms with Gasteiger partial charge in [0.05, 0.1) is 6.10 Å². The summed E-state index contributed by atoms with van der Waals surface area (Å²) in [6.45, 7) is 16.0. The normalized spacial score (nSPS) is 21.2. The zero-order valence-corrected chi connectivity index (χ0v) is 20.5. The molecule has 2 aliphatic rings. The fourth-order valence-electron chi connectivity index (χ4n) is 4.62. The third kappa shape index (κ3) is 5.65. The Hall–Kier alpha value is -1.37. The third-order valence-electron chi connectivity index (χ3n) is 7.66. The summed E-state index contributed by atoms with van der Waals surface area (Å²) >= 11 is 0. The van der Waals surface area contributed by atoms with E-state index >= 15 is 0 Å². The van der Waals surface area contributed by atoms with Gasteiger partial charge < -0.3 is 19.3 Å². The van der Waals surface area contributed by atoms with Crippen molar-refractivity contribution in [3.63, 3.8) is 0 Å². The van der Waals surface area contributed by atoms with E-state index in [9.17, 15) is 9.90 Å². The van der Waals surface area contributed by atoms with Crippen molar-refractivity contribution in [3.8, 4) is 0 Å². The zero-order chi connectivity index (χ0) is 22.0.